The molecule has 4 rings (SSSR count). The number of rotatable bonds is 4. The quantitative estimate of drug-likeness (QED) is 0.862. The highest BCUT2D eigenvalue weighted by atomic mass is 19.3. The number of carbonyl (C=O) groups is 1. The van der Waals surface area contributed by atoms with Crippen LogP contribution in [0, 0.1) is 0 Å². The zero-order chi connectivity index (χ0) is 19.7. The van der Waals surface area contributed by atoms with Crippen LogP contribution in [0.15, 0.2) is 18.6 Å². The molecular formula is C18H25F2N7O. The number of nitrogens with one attached hydrogen (secondary N) is 1. The number of aromatic nitrogens is 4. The molecule has 1 atom stereocenters. The van der Waals surface area contributed by atoms with Crippen LogP contribution in [0.3, 0.4) is 0 Å². The molecular weight excluding hydrogens is 368 g/mol. The number of piperazine rings is 1. The van der Waals surface area contributed by atoms with Gasteiger partial charge in [-0.15, -0.1) is 0 Å². The zero-order valence-corrected chi connectivity index (χ0v) is 15.9. The molecule has 1 N–H and O–H groups in total. The number of halogens is 2. The topological polar surface area (TPSA) is 71.2 Å². The fraction of sp³-hybridized carbons (Fsp3) is 0.611. The van der Waals surface area contributed by atoms with Crippen molar-refractivity contribution in [3.63, 3.8) is 0 Å². The minimum absolute atomic E-state index is 0.00139. The van der Waals surface area contributed by atoms with E-state index in [1.54, 1.807) is 9.58 Å². The summed E-state index contributed by atoms with van der Waals surface area (Å²) in [5.74, 6) is 0.346. The maximum Gasteiger partial charge on any atom is 0.319 e. The van der Waals surface area contributed by atoms with Crippen LogP contribution < -0.4 is 5.32 Å². The highest BCUT2D eigenvalue weighted by Gasteiger charge is 2.28. The number of alkyl halides is 2. The molecule has 1 aliphatic heterocycles. The predicted octanol–water partition coefficient (Wildman–Crippen LogP) is 1.92. The van der Waals surface area contributed by atoms with Crippen molar-refractivity contribution in [1.82, 2.24) is 34.4 Å². The van der Waals surface area contributed by atoms with Gasteiger partial charge in [-0.05, 0) is 19.3 Å². The molecule has 1 fully saturated rings. The van der Waals surface area contributed by atoms with E-state index in [1.807, 2.05) is 18.1 Å². The molecule has 2 amide bonds. The number of aryl methyl sites for hydroxylation is 2. The molecule has 0 saturated carbocycles. The van der Waals surface area contributed by atoms with Crippen LogP contribution in [0.4, 0.5) is 13.6 Å². The number of nitrogens with zero attached hydrogens (tertiary/aromatic N) is 6. The van der Waals surface area contributed by atoms with E-state index < -0.39 is 6.55 Å². The van der Waals surface area contributed by atoms with Crippen molar-refractivity contribution in [2.75, 3.05) is 26.2 Å². The van der Waals surface area contributed by atoms with Gasteiger partial charge in [0.15, 0.2) is 0 Å². The Balaban J connectivity index is 1.30. The largest absolute Gasteiger partial charge is 0.331 e. The second kappa shape index (κ2) is 7.86. The summed E-state index contributed by atoms with van der Waals surface area (Å²) in [7, 11) is 1.90. The minimum Gasteiger partial charge on any atom is -0.331 e. The second-order valence-corrected chi connectivity index (χ2v) is 7.39. The predicted molar refractivity (Wildman–Crippen MR) is 97.7 cm³/mol. The standard InChI is InChI=1S/C18H25F2N7O/c1-24-11-13-14(3-2-4-15(13)23-24)22-18(28)26-9-7-25(8-10-26)12-16-21-5-6-27(16)17(19)20/h5-6,11,14,17H,2-4,7-10,12H2,1H3,(H,22,28). The van der Waals surface area contributed by atoms with Crippen LogP contribution in [-0.2, 0) is 20.0 Å². The van der Waals surface area contributed by atoms with E-state index in [4.69, 9.17) is 0 Å². The molecule has 1 aliphatic carbocycles. The van der Waals surface area contributed by atoms with E-state index >= 15 is 0 Å². The summed E-state index contributed by atoms with van der Waals surface area (Å²) in [6.07, 6.45) is 7.56. The molecule has 8 nitrogen and oxygen atoms in total. The van der Waals surface area contributed by atoms with Gasteiger partial charge in [-0.1, -0.05) is 0 Å². The Morgan fingerprint density at radius 3 is 2.86 bits per heavy atom. The van der Waals surface area contributed by atoms with Crippen molar-refractivity contribution in [2.24, 2.45) is 7.05 Å². The van der Waals surface area contributed by atoms with Crippen molar-refractivity contribution >= 4 is 6.03 Å². The van der Waals surface area contributed by atoms with Crippen LogP contribution in [0.2, 0.25) is 0 Å². The normalized spacial score (nSPS) is 20.4. The van der Waals surface area contributed by atoms with E-state index in [0.29, 0.717) is 38.5 Å². The van der Waals surface area contributed by atoms with Gasteiger partial charge in [0.25, 0.3) is 0 Å². The second-order valence-electron chi connectivity index (χ2n) is 7.39. The SMILES string of the molecule is Cn1cc2c(n1)CCCC2NC(=O)N1CCN(Cc2nccn2C(F)F)CC1. The number of fused-ring (bicyclic) bond motifs is 1. The molecule has 28 heavy (non-hydrogen) atoms. The van der Waals surface area contributed by atoms with E-state index in [0.717, 1.165) is 35.1 Å². The number of urea groups is 1. The first-order valence-electron chi connectivity index (χ1n) is 9.61. The number of carbonyl (C=O) groups excluding carboxylic acids is 1. The average Bonchev–Trinajstić information content (AvgIpc) is 3.28. The van der Waals surface area contributed by atoms with Gasteiger partial charge in [-0.2, -0.15) is 13.9 Å². The summed E-state index contributed by atoms with van der Waals surface area (Å²) >= 11 is 0. The molecule has 2 aromatic heterocycles. The zero-order valence-electron chi connectivity index (χ0n) is 15.9. The fourth-order valence-electron chi connectivity index (χ4n) is 4.01. The number of hydrogen-bond acceptors (Lipinski definition) is 4. The van der Waals surface area contributed by atoms with Gasteiger partial charge in [0.1, 0.15) is 5.82 Å². The van der Waals surface area contributed by atoms with Crippen molar-refractivity contribution in [3.8, 4) is 0 Å². The Morgan fingerprint density at radius 1 is 1.32 bits per heavy atom. The molecule has 0 aromatic carbocycles. The smallest absolute Gasteiger partial charge is 0.319 e. The third kappa shape index (κ3) is 3.87. The maximum atomic E-state index is 12.9. The Labute approximate surface area is 162 Å². The van der Waals surface area contributed by atoms with E-state index in [9.17, 15) is 13.6 Å². The lowest BCUT2D eigenvalue weighted by Crippen LogP contribution is -2.52. The van der Waals surface area contributed by atoms with Crippen LogP contribution >= 0.6 is 0 Å². The van der Waals surface area contributed by atoms with Crippen molar-refractivity contribution in [2.45, 2.75) is 38.4 Å². The van der Waals surface area contributed by atoms with Gasteiger partial charge in [-0.25, -0.2) is 9.78 Å². The Bertz CT molecular complexity index is 826. The van der Waals surface area contributed by atoms with Crippen LogP contribution in [-0.4, -0.2) is 61.3 Å². The fourth-order valence-corrected chi connectivity index (χ4v) is 4.01. The monoisotopic (exact) mass is 393 g/mol. The van der Waals surface area contributed by atoms with Gasteiger partial charge < -0.3 is 10.2 Å². The first-order valence-corrected chi connectivity index (χ1v) is 9.61. The van der Waals surface area contributed by atoms with Gasteiger partial charge in [-0.3, -0.25) is 14.1 Å². The first kappa shape index (κ1) is 18.9. The van der Waals surface area contributed by atoms with E-state index in [1.165, 1.54) is 12.4 Å². The number of amides is 2. The first-order chi connectivity index (χ1) is 13.5. The Morgan fingerprint density at radius 2 is 2.11 bits per heavy atom. The number of hydrogen-bond donors (Lipinski definition) is 1. The van der Waals surface area contributed by atoms with Gasteiger partial charge in [0, 0.05) is 57.4 Å². The lowest BCUT2D eigenvalue weighted by Gasteiger charge is -2.35. The molecule has 0 spiro atoms. The molecule has 1 unspecified atom stereocenters. The Hall–Kier alpha value is -2.49. The van der Waals surface area contributed by atoms with Crippen molar-refractivity contribution < 1.29 is 13.6 Å². The third-order valence-corrected chi connectivity index (χ3v) is 5.50. The van der Waals surface area contributed by atoms with Crippen molar-refractivity contribution in [1.29, 1.82) is 0 Å². The molecule has 1 saturated heterocycles. The van der Waals surface area contributed by atoms with Gasteiger partial charge in [0.05, 0.1) is 18.3 Å². The van der Waals surface area contributed by atoms with Crippen LogP contribution in [0.25, 0.3) is 0 Å². The summed E-state index contributed by atoms with van der Waals surface area (Å²) in [4.78, 5) is 20.6. The van der Waals surface area contributed by atoms with E-state index in [2.05, 4.69) is 15.4 Å². The average molecular weight is 393 g/mol. The molecule has 0 bridgehead atoms. The highest BCUT2D eigenvalue weighted by Crippen LogP contribution is 2.28. The summed E-state index contributed by atoms with van der Waals surface area (Å²) < 4.78 is 28.6. The number of imidazole rings is 1. The summed E-state index contributed by atoms with van der Waals surface area (Å²) in [6, 6.07) is -0.0723. The third-order valence-electron chi connectivity index (χ3n) is 5.50. The van der Waals surface area contributed by atoms with Crippen LogP contribution in [0.1, 0.15) is 42.5 Å². The lowest BCUT2D eigenvalue weighted by atomic mass is 9.93. The summed E-state index contributed by atoms with van der Waals surface area (Å²) in [5.41, 5.74) is 2.18. The molecule has 3 heterocycles. The van der Waals surface area contributed by atoms with Gasteiger partial charge in [0.2, 0.25) is 0 Å². The minimum atomic E-state index is -2.59. The van der Waals surface area contributed by atoms with Crippen molar-refractivity contribution in [3.05, 3.63) is 35.7 Å². The molecule has 0 radical (unpaired) electrons. The lowest BCUT2D eigenvalue weighted by molar-refractivity contribution is 0.0617. The highest BCUT2D eigenvalue weighted by molar-refractivity contribution is 5.75. The molecule has 10 heteroatoms. The summed E-state index contributed by atoms with van der Waals surface area (Å²) in [6.45, 7) is 0.159. The summed E-state index contributed by atoms with van der Waals surface area (Å²) in [5, 5.41) is 7.61. The Kier molecular flexibility index (Phi) is 5.29. The van der Waals surface area contributed by atoms with Gasteiger partial charge >= 0.3 is 12.6 Å². The molecule has 152 valence electrons. The van der Waals surface area contributed by atoms with E-state index in [-0.39, 0.29) is 12.1 Å². The molecule has 2 aromatic rings. The van der Waals surface area contributed by atoms with Crippen LogP contribution in [0.5, 0.6) is 0 Å². The molecule has 2 aliphatic rings. The maximum absolute atomic E-state index is 12.9.